The lowest BCUT2D eigenvalue weighted by Crippen LogP contribution is -2.04. The van der Waals surface area contributed by atoms with Crippen LogP contribution in [0.15, 0.2) is 36.5 Å². The standard InChI is InChI=1S/C21H25N3O3.C6H14.C2H5NO/c1-3-16(25)8-6-11-27-12-10-20-22-14-19(23-20)17-13-15-7-4-5-9-18(15)24-21(17)26-2;1-3-5-6-4-2;1-3-2-4/h4-5,7,9,13-14H,3,6,8,10-12H2,1-2H3,(H,22,23);3-6H2,1-2H3;2H,1H3,(H,3,4). The zero-order chi connectivity index (χ0) is 27.3. The highest BCUT2D eigenvalue weighted by Gasteiger charge is 2.12. The van der Waals surface area contributed by atoms with Crippen LogP contribution in [0.2, 0.25) is 0 Å². The van der Waals surface area contributed by atoms with Gasteiger partial charge >= 0.3 is 0 Å². The molecule has 0 aliphatic heterocycles. The Morgan fingerprint density at radius 2 is 1.78 bits per heavy atom. The van der Waals surface area contributed by atoms with Gasteiger partial charge in [0.1, 0.15) is 11.6 Å². The molecule has 8 nitrogen and oxygen atoms in total. The molecule has 2 heterocycles. The first kappa shape index (κ1) is 31.8. The molecule has 0 fully saturated rings. The fraction of sp³-hybridized carbons (Fsp3) is 0.517. The van der Waals surface area contributed by atoms with E-state index >= 15 is 0 Å². The number of benzene rings is 1. The summed E-state index contributed by atoms with van der Waals surface area (Å²) >= 11 is 0. The highest BCUT2D eigenvalue weighted by Crippen LogP contribution is 2.30. The Balaban J connectivity index is 0.000000583. The monoisotopic (exact) mass is 512 g/mol. The van der Waals surface area contributed by atoms with Crippen molar-refractivity contribution in [2.75, 3.05) is 27.4 Å². The van der Waals surface area contributed by atoms with E-state index in [-0.39, 0.29) is 5.78 Å². The normalized spacial score (nSPS) is 10.1. The number of ether oxygens (including phenoxy) is 2. The van der Waals surface area contributed by atoms with Gasteiger partial charge in [0.05, 0.1) is 36.7 Å². The maximum atomic E-state index is 11.3. The molecule has 0 unspecified atom stereocenters. The highest BCUT2D eigenvalue weighted by atomic mass is 16.5. The van der Waals surface area contributed by atoms with E-state index in [1.807, 2.05) is 31.2 Å². The van der Waals surface area contributed by atoms with Gasteiger partial charge in [0.2, 0.25) is 12.3 Å². The second-order valence-electron chi connectivity index (χ2n) is 8.45. The molecule has 0 radical (unpaired) electrons. The average molecular weight is 513 g/mol. The first-order chi connectivity index (χ1) is 18.0. The first-order valence-electron chi connectivity index (χ1n) is 13.2. The Labute approximate surface area is 221 Å². The van der Waals surface area contributed by atoms with Gasteiger partial charge in [0.25, 0.3) is 0 Å². The topological polar surface area (TPSA) is 106 Å². The third-order valence-electron chi connectivity index (χ3n) is 5.50. The summed E-state index contributed by atoms with van der Waals surface area (Å²) in [5.74, 6) is 1.71. The van der Waals surface area contributed by atoms with Crippen LogP contribution in [0.1, 0.15) is 71.5 Å². The number of imidazole rings is 1. The fourth-order valence-electron chi connectivity index (χ4n) is 3.39. The van der Waals surface area contributed by atoms with Crippen LogP contribution >= 0.6 is 0 Å². The average Bonchev–Trinajstić information content (AvgIpc) is 3.42. The summed E-state index contributed by atoms with van der Waals surface area (Å²) < 4.78 is 11.1. The van der Waals surface area contributed by atoms with Gasteiger partial charge in [-0.15, -0.1) is 0 Å². The van der Waals surface area contributed by atoms with E-state index < -0.39 is 0 Å². The molecule has 2 N–H and O–H groups in total. The molecule has 1 aromatic carbocycles. The van der Waals surface area contributed by atoms with Crippen LogP contribution in [0.25, 0.3) is 22.2 Å². The van der Waals surface area contributed by atoms with E-state index in [2.05, 4.69) is 40.2 Å². The number of aromatic amines is 1. The van der Waals surface area contributed by atoms with Gasteiger partial charge in [-0.3, -0.25) is 9.59 Å². The molecular weight excluding hydrogens is 468 g/mol. The van der Waals surface area contributed by atoms with Crippen molar-refractivity contribution in [3.8, 4) is 17.1 Å². The van der Waals surface area contributed by atoms with Crippen molar-refractivity contribution >= 4 is 23.1 Å². The number of rotatable bonds is 14. The van der Waals surface area contributed by atoms with E-state index in [0.29, 0.717) is 44.8 Å². The molecule has 2 aromatic heterocycles. The summed E-state index contributed by atoms with van der Waals surface area (Å²) in [6.07, 6.45) is 10.6. The zero-order valence-corrected chi connectivity index (χ0v) is 23.1. The molecule has 0 aliphatic carbocycles. The Bertz CT molecular complexity index is 1030. The molecule has 37 heavy (non-hydrogen) atoms. The maximum Gasteiger partial charge on any atom is 0.223 e. The van der Waals surface area contributed by atoms with Crippen molar-refractivity contribution in [2.45, 2.75) is 72.1 Å². The second-order valence-corrected chi connectivity index (χ2v) is 8.45. The molecule has 0 bridgehead atoms. The molecule has 0 spiro atoms. The largest absolute Gasteiger partial charge is 0.480 e. The molecule has 204 valence electrons. The van der Waals surface area contributed by atoms with E-state index in [1.165, 1.54) is 25.7 Å². The number of unbranched alkanes of at least 4 members (excludes halogenated alkanes) is 3. The number of H-pyrrole nitrogens is 1. The molecule has 0 saturated carbocycles. The lowest BCUT2D eigenvalue weighted by molar-refractivity contribution is -0.119. The molecule has 1 amide bonds. The number of hydrogen-bond donors (Lipinski definition) is 2. The third kappa shape index (κ3) is 12.5. The van der Waals surface area contributed by atoms with Crippen molar-refractivity contribution < 1.29 is 19.1 Å². The van der Waals surface area contributed by atoms with Gasteiger partial charge in [-0.25, -0.2) is 9.97 Å². The van der Waals surface area contributed by atoms with Crippen molar-refractivity contribution in [3.63, 3.8) is 0 Å². The van der Waals surface area contributed by atoms with E-state index in [1.54, 1.807) is 20.4 Å². The minimum atomic E-state index is 0.284. The van der Waals surface area contributed by atoms with Crippen LogP contribution in [-0.4, -0.2) is 54.5 Å². The number of aromatic nitrogens is 3. The minimum absolute atomic E-state index is 0.284. The van der Waals surface area contributed by atoms with Crippen molar-refractivity contribution in [1.29, 1.82) is 0 Å². The van der Waals surface area contributed by atoms with Gasteiger partial charge in [0.15, 0.2) is 0 Å². The number of nitrogens with one attached hydrogen (secondary N) is 2. The SMILES string of the molecule is CCC(=O)CCCOCCc1ncc(-c2cc3ccccc3nc2OC)[nH]1.CCCCCC.CNC=O. The number of amides is 1. The molecule has 8 heteroatoms. The summed E-state index contributed by atoms with van der Waals surface area (Å²) in [5, 5.41) is 3.30. The zero-order valence-electron chi connectivity index (χ0n) is 23.1. The summed E-state index contributed by atoms with van der Waals surface area (Å²) in [5.41, 5.74) is 2.65. The molecule has 3 rings (SSSR count). The van der Waals surface area contributed by atoms with Crippen LogP contribution in [0.4, 0.5) is 0 Å². The van der Waals surface area contributed by atoms with Gasteiger partial charge in [-0.05, 0) is 18.6 Å². The van der Waals surface area contributed by atoms with Crippen molar-refractivity contribution in [1.82, 2.24) is 20.3 Å². The number of para-hydroxylation sites is 1. The van der Waals surface area contributed by atoms with Crippen molar-refractivity contribution in [2.24, 2.45) is 0 Å². The number of fused-ring (bicyclic) bond motifs is 1. The van der Waals surface area contributed by atoms with Gasteiger partial charge in [-0.1, -0.05) is 64.7 Å². The quantitative estimate of drug-likeness (QED) is 0.206. The van der Waals surface area contributed by atoms with E-state index in [0.717, 1.165) is 34.4 Å². The van der Waals surface area contributed by atoms with Crippen LogP contribution in [-0.2, 0) is 20.7 Å². The van der Waals surface area contributed by atoms with Gasteiger partial charge < -0.3 is 19.8 Å². The predicted molar refractivity (Wildman–Crippen MR) is 150 cm³/mol. The number of carbonyl (C=O) groups is 2. The number of nitrogens with zero attached hydrogens (tertiary/aromatic N) is 2. The number of carbonyl (C=O) groups excluding carboxylic acids is 2. The lowest BCUT2D eigenvalue weighted by atomic mass is 10.1. The van der Waals surface area contributed by atoms with E-state index in [4.69, 9.17) is 14.3 Å². The number of hydrogen-bond acceptors (Lipinski definition) is 6. The number of pyridine rings is 1. The number of Topliss-reactive ketones (excluding diaryl/α,β-unsaturated/α-hetero) is 1. The third-order valence-corrected chi connectivity index (χ3v) is 5.50. The summed E-state index contributed by atoms with van der Waals surface area (Å²) in [7, 11) is 3.18. The Hall–Kier alpha value is -3.26. The Morgan fingerprint density at radius 3 is 2.41 bits per heavy atom. The maximum absolute atomic E-state index is 11.3. The molecule has 3 aromatic rings. The summed E-state index contributed by atoms with van der Waals surface area (Å²) in [6.45, 7) is 7.52. The lowest BCUT2D eigenvalue weighted by Gasteiger charge is -2.08. The molecule has 0 aliphatic rings. The predicted octanol–water partition coefficient (Wildman–Crippen LogP) is 5.90. The van der Waals surface area contributed by atoms with Crippen LogP contribution in [0.5, 0.6) is 5.88 Å². The van der Waals surface area contributed by atoms with Crippen LogP contribution < -0.4 is 10.1 Å². The number of methoxy groups -OCH3 is 1. The van der Waals surface area contributed by atoms with Gasteiger partial charge in [-0.2, -0.15) is 0 Å². The Morgan fingerprint density at radius 1 is 1.08 bits per heavy atom. The van der Waals surface area contributed by atoms with Gasteiger partial charge in [0, 0.05) is 38.3 Å². The number of ketones is 1. The Kier molecular flexibility index (Phi) is 17.1. The van der Waals surface area contributed by atoms with Crippen LogP contribution in [0.3, 0.4) is 0 Å². The molecule has 0 saturated heterocycles. The summed E-state index contributed by atoms with van der Waals surface area (Å²) in [4.78, 5) is 32.6. The second kappa shape index (κ2) is 19.9. The van der Waals surface area contributed by atoms with E-state index in [9.17, 15) is 4.79 Å². The highest BCUT2D eigenvalue weighted by molar-refractivity contribution is 5.85. The fourth-order valence-corrected chi connectivity index (χ4v) is 3.39. The summed E-state index contributed by atoms with van der Waals surface area (Å²) in [6, 6.07) is 10.00. The molecule has 0 atom stereocenters. The van der Waals surface area contributed by atoms with Crippen molar-refractivity contribution in [3.05, 3.63) is 42.4 Å². The minimum Gasteiger partial charge on any atom is -0.480 e. The van der Waals surface area contributed by atoms with Crippen LogP contribution in [0, 0.1) is 0 Å². The smallest absolute Gasteiger partial charge is 0.223 e. The molecular formula is C29H44N4O4. The first-order valence-corrected chi connectivity index (χ1v) is 13.2.